The van der Waals surface area contributed by atoms with Crippen LogP contribution in [0.25, 0.3) is 10.6 Å². The van der Waals surface area contributed by atoms with Crippen molar-refractivity contribution in [2.24, 2.45) is 0 Å². The molecule has 0 radical (unpaired) electrons. The second-order valence-corrected chi connectivity index (χ2v) is 5.01. The first kappa shape index (κ1) is 10.7. The van der Waals surface area contributed by atoms with Gasteiger partial charge >= 0.3 is 0 Å². The number of fused-ring (bicyclic) bond motifs is 1. The molecule has 4 nitrogen and oxygen atoms in total. The molecule has 2 aromatic rings. The SMILES string of the molecule is CNCc1nnc(-c2ccc3c(c2)CCO3)s1. The van der Waals surface area contributed by atoms with Gasteiger partial charge < -0.3 is 10.1 Å². The third kappa shape index (κ3) is 2.03. The molecule has 1 aromatic carbocycles. The summed E-state index contributed by atoms with van der Waals surface area (Å²) >= 11 is 1.63. The van der Waals surface area contributed by atoms with Crippen molar-refractivity contribution < 1.29 is 4.74 Å². The Hall–Kier alpha value is -1.46. The fraction of sp³-hybridized carbons (Fsp3) is 0.333. The van der Waals surface area contributed by atoms with Gasteiger partial charge in [0.15, 0.2) is 0 Å². The van der Waals surface area contributed by atoms with Crippen LogP contribution in [0.15, 0.2) is 18.2 Å². The van der Waals surface area contributed by atoms with Crippen LogP contribution < -0.4 is 10.1 Å². The number of hydrogen-bond donors (Lipinski definition) is 1. The van der Waals surface area contributed by atoms with Crippen LogP contribution >= 0.6 is 11.3 Å². The maximum atomic E-state index is 5.49. The predicted octanol–water partition coefficient (Wildman–Crippen LogP) is 1.86. The van der Waals surface area contributed by atoms with E-state index in [1.807, 2.05) is 19.2 Å². The summed E-state index contributed by atoms with van der Waals surface area (Å²) < 4.78 is 5.49. The normalized spacial score (nSPS) is 13.5. The Morgan fingerprint density at radius 2 is 2.35 bits per heavy atom. The lowest BCUT2D eigenvalue weighted by Crippen LogP contribution is -2.04. The van der Waals surface area contributed by atoms with Gasteiger partial charge in [0.2, 0.25) is 0 Å². The van der Waals surface area contributed by atoms with E-state index in [2.05, 4.69) is 21.6 Å². The highest BCUT2D eigenvalue weighted by atomic mass is 32.1. The highest BCUT2D eigenvalue weighted by molar-refractivity contribution is 7.14. The molecular formula is C12H13N3OS. The molecule has 1 aliphatic rings. The quantitative estimate of drug-likeness (QED) is 0.899. The maximum Gasteiger partial charge on any atom is 0.147 e. The Morgan fingerprint density at radius 3 is 3.24 bits per heavy atom. The van der Waals surface area contributed by atoms with Crippen molar-refractivity contribution in [1.29, 1.82) is 0 Å². The van der Waals surface area contributed by atoms with Crippen molar-refractivity contribution in [2.45, 2.75) is 13.0 Å². The average molecular weight is 247 g/mol. The zero-order chi connectivity index (χ0) is 11.7. The first-order valence-electron chi connectivity index (χ1n) is 5.60. The number of benzene rings is 1. The van der Waals surface area contributed by atoms with Crippen molar-refractivity contribution in [3.8, 4) is 16.3 Å². The Bertz CT molecular complexity index is 538. The van der Waals surface area contributed by atoms with Crippen molar-refractivity contribution in [1.82, 2.24) is 15.5 Å². The number of aromatic nitrogens is 2. The van der Waals surface area contributed by atoms with E-state index in [9.17, 15) is 0 Å². The van der Waals surface area contributed by atoms with Crippen molar-refractivity contribution >= 4 is 11.3 Å². The lowest BCUT2D eigenvalue weighted by molar-refractivity contribution is 0.357. The molecule has 2 heterocycles. The molecular weight excluding hydrogens is 234 g/mol. The van der Waals surface area contributed by atoms with Crippen LogP contribution in [0, 0.1) is 0 Å². The Balaban J connectivity index is 1.92. The molecule has 1 aromatic heterocycles. The predicted molar refractivity (Wildman–Crippen MR) is 67.3 cm³/mol. The molecule has 17 heavy (non-hydrogen) atoms. The van der Waals surface area contributed by atoms with Crippen LogP contribution in [0.4, 0.5) is 0 Å². The molecule has 0 amide bonds. The first-order valence-corrected chi connectivity index (χ1v) is 6.41. The van der Waals surface area contributed by atoms with Crippen LogP contribution in [-0.2, 0) is 13.0 Å². The number of nitrogens with zero attached hydrogens (tertiary/aromatic N) is 2. The summed E-state index contributed by atoms with van der Waals surface area (Å²) in [5.74, 6) is 1.01. The molecule has 0 aliphatic carbocycles. The number of hydrogen-bond acceptors (Lipinski definition) is 5. The third-order valence-corrected chi connectivity index (χ3v) is 3.70. The second kappa shape index (κ2) is 4.43. The third-order valence-electron chi connectivity index (χ3n) is 2.73. The van der Waals surface area contributed by atoms with Gasteiger partial charge in [-0.1, -0.05) is 11.3 Å². The van der Waals surface area contributed by atoms with Crippen LogP contribution in [0.1, 0.15) is 10.6 Å². The lowest BCUT2D eigenvalue weighted by atomic mass is 10.1. The van der Waals surface area contributed by atoms with E-state index in [0.29, 0.717) is 0 Å². The van der Waals surface area contributed by atoms with Crippen LogP contribution in [0.5, 0.6) is 5.75 Å². The van der Waals surface area contributed by atoms with E-state index in [1.165, 1.54) is 5.56 Å². The van der Waals surface area contributed by atoms with E-state index in [0.717, 1.165) is 40.9 Å². The van der Waals surface area contributed by atoms with Gasteiger partial charge in [-0.15, -0.1) is 10.2 Å². The van der Waals surface area contributed by atoms with Crippen LogP contribution in [-0.4, -0.2) is 23.9 Å². The van der Waals surface area contributed by atoms with Gasteiger partial charge in [0, 0.05) is 18.5 Å². The minimum Gasteiger partial charge on any atom is -0.493 e. The molecule has 0 saturated heterocycles. The van der Waals surface area contributed by atoms with Crippen molar-refractivity contribution in [3.63, 3.8) is 0 Å². The van der Waals surface area contributed by atoms with Gasteiger partial charge in [-0.05, 0) is 30.8 Å². The molecule has 0 bridgehead atoms. The summed E-state index contributed by atoms with van der Waals surface area (Å²) in [6, 6.07) is 6.23. The minimum absolute atomic E-state index is 0.770. The van der Waals surface area contributed by atoms with Crippen molar-refractivity contribution in [3.05, 3.63) is 28.8 Å². The molecule has 88 valence electrons. The summed E-state index contributed by atoms with van der Waals surface area (Å²) in [4.78, 5) is 0. The maximum absolute atomic E-state index is 5.49. The van der Waals surface area contributed by atoms with E-state index >= 15 is 0 Å². The molecule has 5 heteroatoms. The highest BCUT2D eigenvalue weighted by Gasteiger charge is 2.14. The van der Waals surface area contributed by atoms with Crippen molar-refractivity contribution in [2.75, 3.05) is 13.7 Å². The average Bonchev–Trinajstić information content (AvgIpc) is 2.96. The zero-order valence-corrected chi connectivity index (χ0v) is 10.4. The Morgan fingerprint density at radius 1 is 1.41 bits per heavy atom. The Labute approximate surface area is 104 Å². The van der Waals surface area contributed by atoms with Gasteiger partial charge in [0.25, 0.3) is 0 Å². The van der Waals surface area contributed by atoms with Gasteiger partial charge in [0.1, 0.15) is 15.8 Å². The van der Waals surface area contributed by atoms with Crippen LogP contribution in [0.3, 0.4) is 0 Å². The summed E-state index contributed by atoms with van der Waals surface area (Å²) in [6.45, 7) is 1.56. The van der Waals surface area contributed by atoms with E-state index in [-0.39, 0.29) is 0 Å². The van der Waals surface area contributed by atoms with Gasteiger partial charge in [0.05, 0.1) is 6.61 Å². The molecule has 1 aliphatic heterocycles. The molecule has 0 saturated carbocycles. The van der Waals surface area contributed by atoms with Crippen LogP contribution in [0.2, 0.25) is 0 Å². The summed E-state index contributed by atoms with van der Waals surface area (Å²) in [6.07, 6.45) is 0.991. The fourth-order valence-electron chi connectivity index (χ4n) is 1.91. The highest BCUT2D eigenvalue weighted by Crippen LogP contribution is 2.31. The topological polar surface area (TPSA) is 47.0 Å². The van der Waals surface area contributed by atoms with Gasteiger partial charge in [-0.25, -0.2) is 0 Å². The molecule has 0 fully saturated rings. The number of rotatable bonds is 3. The summed E-state index contributed by atoms with van der Waals surface area (Å²) in [5, 5.41) is 13.4. The largest absolute Gasteiger partial charge is 0.493 e. The van der Waals surface area contributed by atoms with E-state index < -0.39 is 0 Å². The molecule has 3 rings (SSSR count). The lowest BCUT2D eigenvalue weighted by Gasteiger charge is -2.00. The van der Waals surface area contributed by atoms with E-state index in [1.54, 1.807) is 11.3 Å². The number of nitrogens with one attached hydrogen (secondary N) is 1. The molecule has 0 atom stereocenters. The van der Waals surface area contributed by atoms with Gasteiger partial charge in [-0.3, -0.25) is 0 Å². The molecule has 0 unspecified atom stereocenters. The number of ether oxygens (including phenoxy) is 1. The summed E-state index contributed by atoms with van der Waals surface area (Å²) in [7, 11) is 1.91. The molecule has 1 N–H and O–H groups in total. The summed E-state index contributed by atoms with van der Waals surface area (Å²) in [5.41, 5.74) is 2.40. The van der Waals surface area contributed by atoms with Gasteiger partial charge in [-0.2, -0.15) is 0 Å². The second-order valence-electron chi connectivity index (χ2n) is 3.95. The smallest absolute Gasteiger partial charge is 0.147 e. The minimum atomic E-state index is 0.770. The zero-order valence-electron chi connectivity index (χ0n) is 9.56. The Kier molecular flexibility index (Phi) is 2.78. The first-order chi connectivity index (χ1) is 8.36. The standard InChI is InChI=1S/C12H13N3OS/c1-13-7-11-14-15-12(17-11)9-2-3-10-8(6-9)4-5-16-10/h2-3,6,13H,4-5,7H2,1H3. The monoisotopic (exact) mass is 247 g/mol. The fourth-order valence-corrected chi connectivity index (χ4v) is 2.76. The molecule has 0 spiro atoms. The van der Waals surface area contributed by atoms with E-state index in [4.69, 9.17) is 4.74 Å².